The number of allylic oxidation sites excluding steroid dienone is 2. The second-order valence-corrected chi connectivity index (χ2v) is 22.1. The van der Waals surface area contributed by atoms with Gasteiger partial charge in [-0.1, -0.05) is 264 Å². The summed E-state index contributed by atoms with van der Waals surface area (Å²) < 4.78 is 28.5. The molecule has 12 heteroatoms. The molecule has 6 atom stereocenters. The number of carboxylic acid groups (broad SMARTS) is 1. The van der Waals surface area contributed by atoms with Crippen LogP contribution in [0.15, 0.2) is 12.2 Å². The van der Waals surface area contributed by atoms with Crippen molar-refractivity contribution in [1.82, 2.24) is 0 Å². The molecule has 0 spiro atoms. The van der Waals surface area contributed by atoms with Crippen molar-refractivity contribution in [3.05, 3.63) is 12.2 Å². The Hall–Kier alpha value is -2.54. The van der Waals surface area contributed by atoms with Crippen LogP contribution in [-0.4, -0.2) is 89.2 Å². The molecule has 0 saturated carbocycles. The summed E-state index contributed by atoms with van der Waals surface area (Å²) in [6, 6.07) is 0. The number of carbonyl (C=O) groups is 4. The Morgan fingerprint density at radius 2 is 0.760 bits per heavy atom. The second kappa shape index (κ2) is 52.2. The third-order valence-corrected chi connectivity index (χ3v) is 14.8. The average molecular weight is 1070 g/mol. The van der Waals surface area contributed by atoms with Gasteiger partial charge in [0.15, 0.2) is 24.6 Å². The number of hydrogen-bond donors (Lipinski definition) is 3. The summed E-state index contributed by atoms with van der Waals surface area (Å²) >= 11 is 0. The second-order valence-electron chi connectivity index (χ2n) is 22.1. The van der Waals surface area contributed by atoms with Gasteiger partial charge in [0, 0.05) is 19.3 Å². The van der Waals surface area contributed by atoms with Crippen LogP contribution >= 0.6 is 0 Å². The van der Waals surface area contributed by atoms with Crippen LogP contribution in [-0.2, 0) is 42.9 Å². The number of unbranched alkanes of at least 4 members (excludes halogenated alkanes) is 39. The van der Waals surface area contributed by atoms with Crippen molar-refractivity contribution >= 4 is 23.9 Å². The molecule has 0 aromatic heterocycles. The first-order chi connectivity index (χ1) is 36.6. The molecular formula is C63H116O12. The minimum absolute atomic E-state index is 0.0690. The summed E-state index contributed by atoms with van der Waals surface area (Å²) in [5, 5.41) is 31.5. The fourth-order valence-corrected chi connectivity index (χ4v) is 9.95. The predicted molar refractivity (Wildman–Crippen MR) is 304 cm³/mol. The molecule has 1 rings (SSSR count). The van der Waals surface area contributed by atoms with Crippen LogP contribution < -0.4 is 0 Å². The lowest BCUT2D eigenvalue weighted by Crippen LogP contribution is -2.61. The summed E-state index contributed by atoms with van der Waals surface area (Å²) in [7, 11) is 0. The lowest BCUT2D eigenvalue weighted by atomic mass is 9.98. The number of rotatable bonds is 55. The first-order valence-electron chi connectivity index (χ1n) is 31.7. The van der Waals surface area contributed by atoms with Crippen molar-refractivity contribution in [3.63, 3.8) is 0 Å². The van der Waals surface area contributed by atoms with Gasteiger partial charge in [0.1, 0.15) is 18.8 Å². The zero-order valence-corrected chi connectivity index (χ0v) is 48.6. The number of aliphatic hydroxyl groups excluding tert-OH is 2. The molecule has 1 saturated heterocycles. The van der Waals surface area contributed by atoms with E-state index in [4.69, 9.17) is 23.7 Å². The van der Waals surface area contributed by atoms with E-state index < -0.39 is 67.3 Å². The minimum Gasteiger partial charge on any atom is -0.479 e. The lowest BCUT2D eigenvalue weighted by molar-refractivity contribution is -0.301. The molecule has 440 valence electrons. The van der Waals surface area contributed by atoms with Crippen LogP contribution in [0.25, 0.3) is 0 Å². The molecule has 0 amide bonds. The summed E-state index contributed by atoms with van der Waals surface area (Å²) in [5.41, 5.74) is 0. The molecule has 1 aliphatic heterocycles. The van der Waals surface area contributed by atoms with Crippen LogP contribution in [0.1, 0.15) is 316 Å². The Morgan fingerprint density at radius 3 is 1.13 bits per heavy atom. The standard InChI is InChI=1S/C63H116O12/c1-4-7-10-13-16-19-21-23-25-27-28-30-32-34-36-39-42-45-48-51-57(66)74-61-59(68)58(67)60(62(69)70)75-63(61)72-53-54(73-56(65)50-47-44-41-37-18-15-12-9-6-3)52-71-55(64)49-46-43-40-38-35-33-31-29-26-24-22-20-17-14-11-8-5-2/h24,26,54,58-61,63,67-68H,4-23,25,27-53H2,1-3H3,(H,69,70)/b26-24-. The Morgan fingerprint density at radius 1 is 0.427 bits per heavy atom. The van der Waals surface area contributed by atoms with Crippen LogP contribution in [0.3, 0.4) is 0 Å². The van der Waals surface area contributed by atoms with Crippen molar-refractivity contribution in [2.75, 3.05) is 13.2 Å². The molecule has 3 N–H and O–H groups in total. The quantitative estimate of drug-likeness (QED) is 0.0228. The maximum atomic E-state index is 13.1. The van der Waals surface area contributed by atoms with E-state index in [0.717, 1.165) is 64.2 Å². The van der Waals surface area contributed by atoms with E-state index >= 15 is 0 Å². The molecule has 0 aromatic rings. The average Bonchev–Trinajstić information content (AvgIpc) is 3.39. The normalized spacial score (nSPS) is 18.1. The van der Waals surface area contributed by atoms with E-state index in [1.54, 1.807) is 0 Å². The summed E-state index contributed by atoms with van der Waals surface area (Å²) in [6.45, 7) is 6.01. The smallest absolute Gasteiger partial charge is 0.335 e. The van der Waals surface area contributed by atoms with E-state index in [1.807, 2.05) is 0 Å². The molecule has 0 bridgehead atoms. The van der Waals surface area contributed by atoms with Gasteiger partial charge in [-0.2, -0.15) is 0 Å². The van der Waals surface area contributed by atoms with E-state index in [9.17, 15) is 34.5 Å². The van der Waals surface area contributed by atoms with Gasteiger partial charge < -0.3 is 39.0 Å². The van der Waals surface area contributed by atoms with Gasteiger partial charge in [-0.15, -0.1) is 0 Å². The Kier molecular flexibility index (Phi) is 49.0. The van der Waals surface area contributed by atoms with E-state index in [0.29, 0.717) is 19.3 Å². The van der Waals surface area contributed by atoms with E-state index in [1.165, 1.54) is 193 Å². The first-order valence-corrected chi connectivity index (χ1v) is 31.7. The monoisotopic (exact) mass is 1060 g/mol. The van der Waals surface area contributed by atoms with E-state index in [2.05, 4.69) is 32.9 Å². The first kappa shape index (κ1) is 70.5. The van der Waals surface area contributed by atoms with Crippen molar-refractivity contribution in [3.8, 4) is 0 Å². The number of aliphatic carboxylic acids is 1. The number of ether oxygens (including phenoxy) is 5. The highest BCUT2D eigenvalue weighted by atomic mass is 16.7. The van der Waals surface area contributed by atoms with Crippen LogP contribution in [0, 0.1) is 0 Å². The Bertz CT molecular complexity index is 1360. The fraction of sp³-hybridized carbons (Fsp3) is 0.905. The molecule has 0 aliphatic carbocycles. The number of hydrogen-bond acceptors (Lipinski definition) is 11. The maximum absolute atomic E-state index is 13.1. The lowest BCUT2D eigenvalue weighted by Gasteiger charge is -2.40. The molecule has 1 fully saturated rings. The van der Waals surface area contributed by atoms with Crippen LogP contribution in [0.5, 0.6) is 0 Å². The minimum atomic E-state index is -1.90. The molecular weight excluding hydrogens is 949 g/mol. The molecule has 75 heavy (non-hydrogen) atoms. The van der Waals surface area contributed by atoms with Gasteiger partial charge in [-0.3, -0.25) is 14.4 Å². The number of carboxylic acids is 1. The molecule has 1 aliphatic rings. The molecule has 0 aromatic carbocycles. The van der Waals surface area contributed by atoms with E-state index in [-0.39, 0.29) is 25.9 Å². The zero-order valence-electron chi connectivity index (χ0n) is 48.6. The fourth-order valence-electron chi connectivity index (χ4n) is 9.95. The van der Waals surface area contributed by atoms with Crippen LogP contribution in [0.2, 0.25) is 0 Å². The zero-order chi connectivity index (χ0) is 54.7. The van der Waals surface area contributed by atoms with Crippen LogP contribution in [0.4, 0.5) is 0 Å². The maximum Gasteiger partial charge on any atom is 0.335 e. The highest BCUT2D eigenvalue weighted by Gasteiger charge is 2.50. The third-order valence-electron chi connectivity index (χ3n) is 14.8. The summed E-state index contributed by atoms with van der Waals surface area (Å²) in [6.07, 6.45) is 46.2. The highest BCUT2D eigenvalue weighted by molar-refractivity contribution is 5.74. The van der Waals surface area contributed by atoms with Crippen molar-refractivity contribution in [1.29, 1.82) is 0 Å². The highest BCUT2D eigenvalue weighted by Crippen LogP contribution is 2.27. The van der Waals surface area contributed by atoms with Gasteiger partial charge in [0.2, 0.25) is 0 Å². The molecule has 6 unspecified atom stereocenters. The van der Waals surface area contributed by atoms with Gasteiger partial charge in [-0.05, 0) is 44.9 Å². The van der Waals surface area contributed by atoms with Gasteiger partial charge >= 0.3 is 23.9 Å². The van der Waals surface area contributed by atoms with Crippen molar-refractivity contribution in [2.24, 2.45) is 0 Å². The number of carbonyl (C=O) groups excluding carboxylic acids is 3. The molecule has 0 radical (unpaired) electrons. The number of esters is 3. The van der Waals surface area contributed by atoms with Gasteiger partial charge in [0.05, 0.1) is 6.61 Å². The van der Waals surface area contributed by atoms with Gasteiger partial charge in [-0.25, -0.2) is 4.79 Å². The van der Waals surface area contributed by atoms with Crippen molar-refractivity contribution < 1.29 is 58.2 Å². The van der Waals surface area contributed by atoms with Gasteiger partial charge in [0.25, 0.3) is 0 Å². The molecule has 12 nitrogen and oxygen atoms in total. The van der Waals surface area contributed by atoms with Crippen molar-refractivity contribution in [2.45, 2.75) is 353 Å². The third kappa shape index (κ3) is 42.1. The summed E-state index contributed by atoms with van der Waals surface area (Å²) in [5.74, 6) is -3.09. The number of aliphatic hydroxyl groups is 2. The SMILES string of the molecule is CCCCCCCC/C=C\CCCCCCCCCC(=O)OCC(COC1OC(C(=O)O)C(O)C(O)C1OC(=O)CCCCCCCCCCCCCCCCCCCCC)OC(=O)CCCCCCCCCCC. The Balaban J connectivity index is 2.58. The largest absolute Gasteiger partial charge is 0.479 e. The summed E-state index contributed by atoms with van der Waals surface area (Å²) in [4.78, 5) is 51.1. The topological polar surface area (TPSA) is 175 Å². The predicted octanol–water partition coefficient (Wildman–Crippen LogP) is 16.5. The Labute approximate surface area is 458 Å². The molecule has 1 heterocycles.